The fourth-order valence-corrected chi connectivity index (χ4v) is 5.92. The van der Waals surface area contributed by atoms with Crippen molar-refractivity contribution in [2.45, 2.75) is 51.6 Å². The minimum absolute atomic E-state index is 0.113. The third-order valence-corrected chi connectivity index (χ3v) is 8.79. The molecule has 4 rings (SSSR count). The number of nitrogens with one attached hydrogen (secondary N) is 3. The van der Waals surface area contributed by atoms with E-state index in [0.717, 1.165) is 46.2 Å². The molecule has 3 aromatic carbocycles. The van der Waals surface area contributed by atoms with Crippen LogP contribution in [0.2, 0.25) is 0 Å². The summed E-state index contributed by atoms with van der Waals surface area (Å²) in [4.78, 5) is 41.8. The van der Waals surface area contributed by atoms with Crippen molar-refractivity contribution >= 4 is 34.4 Å². The van der Waals surface area contributed by atoms with Crippen molar-refractivity contribution < 1.29 is 48.3 Å². The van der Waals surface area contributed by atoms with E-state index in [-0.39, 0.29) is 6.42 Å². The maximum absolute atomic E-state index is 13.2. The first kappa shape index (κ1) is 44.6. The molecule has 0 saturated carbocycles. The van der Waals surface area contributed by atoms with Gasteiger partial charge >= 0.3 is 5.97 Å². The van der Waals surface area contributed by atoms with Gasteiger partial charge in [0.2, 0.25) is 11.8 Å². The lowest BCUT2D eigenvalue weighted by Gasteiger charge is -2.22. The Bertz CT molecular complexity index is 1820. The molecule has 0 unspecified atom stereocenters. The molecule has 5 N–H and O–H groups in total. The van der Waals surface area contributed by atoms with Crippen molar-refractivity contribution in [3.63, 3.8) is 0 Å². The number of aromatic nitrogens is 1. The Hall–Kier alpha value is -5.12. The number of fused-ring (bicyclic) bond motifs is 1. The van der Waals surface area contributed by atoms with Crippen molar-refractivity contribution in [3.8, 4) is 16.9 Å². The van der Waals surface area contributed by atoms with Gasteiger partial charge in [0.25, 0.3) is 0 Å². The molecule has 0 radical (unpaired) electrons. The van der Waals surface area contributed by atoms with E-state index in [1.165, 1.54) is 0 Å². The number of aliphatic hydroxyl groups excluding tert-OH is 1. The number of carbonyl (C=O) groups is 3. The van der Waals surface area contributed by atoms with Crippen molar-refractivity contribution in [1.29, 1.82) is 0 Å². The molecular weight excluding hydrogens is 732 g/mol. The van der Waals surface area contributed by atoms with E-state index in [1.54, 1.807) is 18.3 Å². The van der Waals surface area contributed by atoms with Gasteiger partial charge in [0, 0.05) is 31.2 Å². The van der Waals surface area contributed by atoms with Crippen LogP contribution in [0.25, 0.3) is 21.9 Å². The Labute approximate surface area is 334 Å². The fraction of sp³-hybridized carbons (Fsp3) is 0.442. The molecule has 0 spiro atoms. The second kappa shape index (κ2) is 25.2. The predicted octanol–water partition coefficient (Wildman–Crippen LogP) is 5.07. The number of aliphatic hydroxyl groups is 1. The molecular formula is C43H56N4O10. The average Bonchev–Trinajstić information content (AvgIpc) is 3.21. The zero-order valence-corrected chi connectivity index (χ0v) is 32.9. The van der Waals surface area contributed by atoms with E-state index >= 15 is 0 Å². The quantitative estimate of drug-likeness (QED) is 0.0482. The SMILES string of the molecule is CCCOCCOCCOCCOCCOc1ccc(-c2ccc([C@H](CC(=O)O)NC(=O)[C@H](CO)NC(=O)CCCNc3cc(C)ccn3)cc2)c2ccccc12. The normalized spacial score (nSPS) is 12.2. The molecule has 1 heterocycles. The summed E-state index contributed by atoms with van der Waals surface area (Å²) >= 11 is 0. The van der Waals surface area contributed by atoms with Gasteiger partial charge in [-0.15, -0.1) is 0 Å². The van der Waals surface area contributed by atoms with Crippen molar-refractivity contribution in [2.75, 3.05) is 77.9 Å². The van der Waals surface area contributed by atoms with E-state index in [9.17, 15) is 24.6 Å². The number of amides is 2. The number of pyridine rings is 1. The van der Waals surface area contributed by atoms with Crippen LogP contribution in [0.4, 0.5) is 5.82 Å². The summed E-state index contributed by atoms with van der Waals surface area (Å²) in [5, 5.41) is 29.9. The molecule has 14 heteroatoms. The molecule has 0 saturated heterocycles. The van der Waals surface area contributed by atoms with Crippen LogP contribution in [-0.4, -0.2) is 112 Å². The number of aliphatic carboxylic acids is 1. The van der Waals surface area contributed by atoms with Crippen LogP contribution in [0.3, 0.4) is 0 Å². The molecule has 57 heavy (non-hydrogen) atoms. The second-order valence-corrected chi connectivity index (χ2v) is 13.3. The third kappa shape index (κ3) is 15.7. The first-order valence-corrected chi connectivity index (χ1v) is 19.4. The van der Waals surface area contributed by atoms with Crippen molar-refractivity contribution in [2.24, 2.45) is 0 Å². The van der Waals surface area contributed by atoms with Crippen LogP contribution in [0.5, 0.6) is 5.75 Å². The Kier molecular flexibility index (Phi) is 19.7. The Morgan fingerprint density at radius 2 is 1.42 bits per heavy atom. The van der Waals surface area contributed by atoms with Crippen LogP contribution in [0.15, 0.2) is 79.0 Å². The molecule has 0 aliphatic heterocycles. The highest BCUT2D eigenvalue weighted by molar-refractivity contribution is 6.00. The molecule has 1 aromatic heterocycles. The van der Waals surface area contributed by atoms with E-state index < -0.39 is 42.9 Å². The van der Waals surface area contributed by atoms with E-state index in [4.69, 9.17) is 23.7 Å². The van der Waals surface area contributed by atoms with Gasteiger partial charge in [-0.3, -0.25) is 14.4 Å². The smallest absolute Gasteiger partial charge is 0.305 e. The van der Waals surface area contributed by atoms with E-state index in [2.05, 4.69) is 27.9 Å². The summed E-state index contributed by atoms with van der Waals surface area (Å²) in [6.45, 7) is 8.43. The monoisotopic (exact) mass is 788 g/mol. The number of hydrogen-bond acceptors (Lipinski definition) is 11. The Morgan fingerprint density at radius 3 is 2.05 bits per heavy atom. The largest absolute Gasteiger partial charge is 0.491 e. The number of benzene rings is 3. The Morgan fingerprint density at radius 1 is 0.772 bits per heavy atom. The van der Waals surface area contributed by atoms with Gasteiger partial charge in [0.15, 0.2) is 0 Å². The number of anilines is 1. The summed E-state index contributed by atoms with van der Waals surface area (Å²) in [5.41, 5.74) is 3.45. The van der Waals surface area contributed by atoms with Crippen molar-refractivity contribution in [3.05, 3.63) is 90.1 Å². The molecule has 0 aliphatic carbocycles. The molecule has 2 amide bonds. The van der Waals surface area contributed by atoms with Crippen LogP contribution >= 0.6 is 0 Å². The van der Waals surface area contributed by atoms with Gasteiger partial charge in [0.05, 0.1) is 65.3 Å². The van der Waals surface area contributed by atoms with Gasteiger partial charge < -0.3 is 49.8 Å². The summed E-state index contributed by atoms with van der Waals surface area (Å²) in [6.07, 6.45) is 2.88. The highest BCUT2D eigenvalue weighted by atomic mass is 16.6. The summed E-state index contributed by atoms with van der Waals surface area (Å²) in [5.74, 6) is -0.794. The van der Waals surface area contributed by atoms with Gasteiger partial charge in [-0.2, -0.15) is 0 Å². The van der Waals surface area contributed by atoms with Crippen LogP contribution in [0, 0.1) is 6.92 Å². The van der Waals surface area contributed by atoms with Gasteiger partial charge in [0.1, 0.15) is 24.2 Å². The number of carbonyl (C=O) groups excluding carboxylic acids is 2. The lowest BCUT2D eigenvalue weighted by molar-refractivity contribution is -0.138. The molecule has 0 aliphatic rings. The first-order chi connectivity index (χ1) is 27.8. The Balaban J connectivity index is 1.26. The molecule has 0 fully saturated rings. The lowest BCUT2D eigenvalue weighted by atomic mass is 9.95. The number of carboxylic acid groups (broad SMARTS) is 1. The first-order valence-electron chi connectivity index (χ1n) is 19.4. The lowest BCUT2D eigenvalue weighted by Crippen LogP contribution is -2.50. The minimum Gasteiger partial charge on any atom is -0.491 e. The third-order valence-electron chi connectivity index (χ3n) is 8.79. The molecule has 308 valence electrons. The highest BCUT2D eigenvalue weighted by Crippen LogP contribution is 2.35. The van der Waals surface area contributed by atoms with E-state index in [0.29, 0.717) is 77.2 Å². The van der Waals surface area contributed by atoms with Crippen LogP contribution in [-0.2, 0) is 33.3 Å². The number of aryl methyl sites for hydroxylation is 1. The van der Waals surface area contributed by atoms with Gasteiger partial charge in [-0.1, -0.05) is 61.5 Å². The summed E-state index contributed by atoms with van der Waals surface area (Å²) in [6, 6.07) is 20.7. The topological polar surface area (TPSA) is 187 Å². The highest BCUT2D eigenvalue weighted by Gasteiger charge is 2.25. The zero-order chi connectivity index (χ0) is 40.7. The number of rotatable bonds is 28. The zero-order valence-electron chi connectivity index (χ0n) is 32.9. The average molecular weight is 789 g/mol. The van der Waals surface area contributed by atoms with Gasteiger partial charge in [-0.05, 0) is 65.6 Å². The van der Waals surface area contributed by atoms with Crippen molar-refractivity contribution in [1.82, 2.24) is 15.6 Å². The molecule has 0 bridgehead atoms. The van der Waals surface area contributed by atoms with Crippen LogP contribution < -0.4 is 20.7 Å². The second-order valence-electron chi connectivity index (χ2n) is 13.3. The summed E-state index contributed by atoms with van der Waals surface area (Å²) in [7, 11) is 0. The predicted molar refractivity (Wildman–Crippen MR) is 217 cm³/mol. The van der Waals surface area contributed by atoms with Gasteiger partial charge in [-0.25, -0.2) is 4.98 Å². The molecule has 4 aromatic rings. The number of carboxylic acids is 1. The molecule has 14 nitrogen and oxygen atoms in total. The van der Waals surface area contributed by atoms with E-state index in [1.807, 2.05) is 67.6 Å². The maximum Gasteiger partial charge on any atom is 0.305 e. The standard InChI is InChI=1S/C43H56N4O10/c1-3-19-53-20-21-54-22-23-55-24-25-56-26-27-57-39-15-14-34(35-7-4-5-8-36(35)39)32-10-12-33(13-11-32)37(29-42(50)51)47-43(52)38(30-48)46-41(49)9-6-17-44-40-28-31(2)16-18-45-40/h4-5,7-8,10-16,18,28,37-38,48H,3,6,9,17,19-27,29-30H2,1-2H3,(H,44,45)(H,46,49)(H,47,52)(H,50,51)/t37-,38-/m0/s1. The number of nitrogens with zero attached hydrogens (tertiary/aromatic N) is 1. The number of hydrogen-bond donors (Lipinski definition) is 5. The fourth-order valence-electron chi connectivity index (χ4n) is 5.92. The summed E-state index contributed by atoms with van der Waals surface area (Å²) < 4.78 is 28.1. The minimum atomic E-state index is -1.25. The maximum atomic E-state index is 13.2. The number of ether oxygens (including phenoxy) is 5. The van der Waals surface area contributed by atoms with Crippen LogP contribution in [0.1, 0.15) is 49.8 Å². The molecule has 2 atom stereocenters.